The molecule has 0 aliphatic rings. The third-order valence-corrected chi connectivity index (χ3v) is 6.56. The van der Waals surface area contributed by atoms with Crippen LogP contribution < -0.4 is 11.1 Å². The van der Waals surface area contributed by atoms with E-state index in [9.17, 15) is 13.2 Å². The molecule has 0 unspecified atom stereocenters. The van der Waals surface area contributed by atoms with Gasteiger partial charge in [-0.2, -0.15) is 0 Å². The maximum atomic E-state index is 12.2. The summed E-state index contributed by atoms with van der Waals surface area (Å²) in [6.07, 6.45) is 4.50. The average Bonchev–Trinajstić information content (AvgIpc) is 2.87. The van der Waals surface area contributed by atoms with Crippen LogP contribution in [0.5, 0.6) is 0 Å². The lowest BCUT2D eigenvalue weighted by molar-refractivity contribution is 0.0945. The Balaban J connectivity index is 1.61. The normalized spacial score (nSPS) is 11.3. The minimum Gasteiger partial charge on any atom is -0.395 e. The zero-order valence-corrected chi connectivity index (χ0v) is 19.8. The monoisotopic (exact) mass is 488 g/mol. The van der Waals surface area contributed by atoms with Crippen LogP contribution in [-0.4, -0.2) is 48.8 Å². The number of amides is 1. The Kier molecular flexibility index (Phi) is 6.90. The number of aliphatic hydroxyl groups is 1. The molecule has 4 aromatic rings. The third-order valence-electron chi connectivity index (χ3n) is 5.43. The Morgan fingerprint density at radius 1 is 0.914 bits per heavy atom. The molecule has 9 heteroatoms. The van der Waals surface area contributed by atoms with Crippen molar-refractivity contribution < 1.29 is 18.3 Å². The van der Waals surface area contributed by atoms with Gasteiger partial charge in [0.05, 0.1) is 17.2 Å². The highest BCUT2D eigenvalue weighted by Gasteiger charge is 2.12. The molecule has 0 atom stereocenters. The van der Waals surface area contributed by atoms with E-state index in [4.69, 9.17) is 10.8 Å². The summed E-state index contributed by atoms with van der Waals surface area (Å²) in [5, 5.41) is 11.5. The van der Waals surface area contributed by atoms with Crippen LogP contribution in [0.4, 0.5) is 5.82 Å². The van der Waals surface area contributed by atoms with Crippen molar-refractivity contribution >= 4 is 21.6 Å². The summed E-state index contributed by atoms with van der Waals surface area (Å²) in [4.78, 5) is 21.3. The largest absolute Gasteiger partial charge is 0.395 e. The molecule has 0 saturated carbocycles. The third kappa shape index (κ3) is 5.53. The maximum Gasteiger partial charge on any atom is 0.251 e. The molecule has 0 aliphatic heterocycles. The van der Waals surface area contributed by atoms with Gasteiger partial charge in [-0.05, 0) is 42.0 Å². The number of aliphatic hydroxyl groups excluding tert-OH is 1. The number of carbonyl (C=O) groups excluding carboxylic acids is 1. The minimum absolute atomic E-state index is 0.125. The fourth-order valence-corrected chi connectivity index (χ4v) is 4.20. The van der Waals surface area contributed by atoms with Gasteiger partial charge in [-0.3, -0.25) is 9.78 Å². The number of hydrogen-bond donors (Lipinski definition) is 3. The molecular weight excluding hydrogens is 464 g/mol. The Labute approximate surface area is 203 Å². The van der Waals surface area contributed by atoms with Crippen molar-refractivity contribution in [3.05, 3.63) is 84.7 Å². The summed E-state index contributed by atoms with van der Waals surface area (Å²) in [6.45, 7) is 0.0615. The lowest BCUT2D eigenvalue weighted by atomic mass is 10.0. The molecule has 0 radical (unpaired) electrons. The Hall–Kier alpha value is -4.08. The summed E-state index contributed by atoms with van der Waals surface area (Å²) >= 11 is 0. The standard InChI is InChI=1S/C26H24N4O4S/c1-35(33,34)22-8-5-17(6-9-22)21-14-23(25(27)30-16-21)20-7-10-24(29-15-20)18-3-2-4-19(13-18)26(32)28-11-12-31/h2-10,13-16,31H,11-12H2,1H3,(H2,27,30)(H,28,32). The van der Waals surface area contributed by atoms with Crippen molar-refractivity contribution in [1.82, 2.24) is 15.3 Å². The lowest BCUT2D eigenvalue weighted by Crippen LogP contribution is -2.26. The summed E-state index contributed by atoms with van der Waals surface area (Å²) in [5.74, 6) is 0.0800. The SMILES string of the molecule is CS(=O)(=O)c1ccc(-c2cnc(N)c(-c3ccc(-c4cccc(C(=O)NCCO)c4)nc3)c2)cc1. The molecule has 178 valence electrons. The maximum absolute atomic E-state index is 12.2. The first-order valence-corrected chi connectivity index (χ1v) is 12.7. The van der Waals surface area contributed by atoms with Gasteiger partial charge in [-0.1, -0.05) is 30.3 Å². The van der Waals surface area contributed by atoms with Crippen LogP contribution in [0.25, 0.3) is 33.5 Å². The predicted octanol–water partition coefficient (Wildman–Crippen LogP) is 3.19. The Morgan fingerprint density at radius 3 is 2.29 bits per heavy atom. The predicted molar refractivity (Wildman–Crippen MR) is 135 cm³/mol. The number of sulfone groups is 1. The van der Waals surface area contributed by atoms with Gasteiger partial charge < -0.3 is 16.2 Å². The number of benzene rings is 2. The van der Waals surface area contributed by atoms with Gasteiger partial charge in [0.15, 0.2) is 9.84 Å². The fraction of sp³-hybridized carbons (Fsp3) is 0.115. The van der Waals surface area contributed by atoms with E-state index in [-0.39, 0.29) is 24.0 Å². The lowest BCUT2D eigenvalue weighted by Gasteiger charge is -2.10. The van der Waals surface area contributed by atoms with Crippen LogP contribution in [0.2, 0.25) is 0 Å². The van der Waals surface area contributed by atoms with Crippen molar-refractivity contribution in [2.45, 2.75) is 4.90 Å². The number of pyridine rings is 2. The van der Waals surface area contributed by atoms with E-state index in [1.807, 2.05) is 24.3 Å². The first-order valence-electron chi connectivity index (χ1n) is 10.8. The van der Waals surface area contributed by atoms with Crippen LogP contribution in [-0.2, 0) is 9.84 Å². The molecule has 35 heavy (non-hydrogen) atoms. The minimum atomic E-state index is -3.27. The second-order valence-electron chi connectivity index (χ2n) is 7.95. The van der Waals surface area contributed by atoms with Crippen LogP contribution in [0, 0.1) is 0 Å². The molecule has 8 nitrogen and oxygen atoms in total. The van der Waals surface area contributed by atoms with E-state index < -0.39 is 9.84 Å². The molecule has 1 amide bonds. The molecule has 0 fully saturated rings. The number of hydrogen-bond acceptors (Lipinski definition) is 7. The molecule has 0 saturated heterocycles. The molecule has 4 N–H and O–H groups in total. The topological polar surface area (TPSA) is 135 Å². The highest BCUT2D eigenvalue weighted by Crippen LogP contribution is 2.31. The summed E-state index contributed by atoms with van der Waals surface area (Å²) in [6, 6.07) is 19.3. The Morgan fingerprint density at radius 2 is 1.63 bits per heavy atom. The van der Waals surface area contributed by atoms with Crippen LogP contribution in [0.1, 0.15) is 10.4 Å². The number of nitrogens with zero attached hydrogens (tertiary/aromatic N) is 2. The van der Waals surface area contributed by atoms with Crippen molar-refractivity contribution in [2.75, 3.05) is 25.1 Å². The fourth-order valence-electron chi connectivity index (χ4n) is 3.57. The number of rotatable bonds is 7. The van der Waals surface area contributed by atoms with E-state index in [1.165, 1.54) is 6.26 Å². The number of anilines is 1. The first-order chi connectivity index (χ1) is 16.8. The molecule has 4 rings (SSSR count). The first kappa shape index (κ1) is 24.1. The average molecular weight is 489 g/mol. The van der Waals surface area contributed by atoms with Gasteiger partial charge in [-0.25, -0.2) is 13.4 Å². The second-order valence-corrected chi connectivity index (χ2v) is 9.96. The van der Waals surface area contributed by atoms with Gasteiger partial charge in [0.1, 0.15) is 5.82 Å². The van der Waals surface area contributed by atoms with E-state index in [0.717, 1.165) is 22.3 Å². The Bertz CT molecular complexity index is 1470. The molecule has 0 spiro atoms. The van der Waals surface area contributed by atoms with E-state index in [2.05, 4.69) is 15.3 Å². The van der Waals surface area contributed by atoms with E-state index in [1.54, 1.807) is 54.9 Å². The number of nitrogen functional groups attached to an aromatic ring is 1. The van der Waals surface area contributed by atoms with Crippen molar-refractivity contribution in [3.8, 4) is 33.5 Å². The van der Waals surface area contributed by atoms with Crippen molar-refractivity contribution in [1.29, 1.82) is 0 Å². The highest BCUT2D eigenvalue weighted by molar-refractivity contribution is 7.90. The number of nitrogens with one attached hydrogen (secondary N) is 1. The van der Waals surface area contributed by atoms with Crippen LogP contribution in [0.15, 0.2) is 84.0 Å². The zero-order chi connectivity index (χ0) is 25.0. The molecule has 2 aromatic heterocycles. The summed E-state index contributed by atoms with van der Waals surface area (Å²) < 4.78 is 23.4. The number of carbonyl (C=O) groups is 1. The summed E-state index contributed by atoms with van der Waals surface area (Å²) in [7, 11) is -3.27. The smallest absolute Gasteiger partial charge is 0.251 e. The van der Waals surface area contributed by atoms with E-state index >= 15 is 0 Å². The van der Waals surface area contributed by atoms with Gasteiger partial charge in [0, 0.05) is 53.0 Å². The van der Waals surface area contributed by atoms with Crippen molar-refractivity contribution in [2.24, 2.45) is 0 Å². The van der Waals surface area contributed by atoms with Crippen LogP contribution in [0.3, 0.4) is 0 Å². The van der Waals surface area contributed by atoms with Gasteiger partial charge in [0.2, 0.25) is 0 Å². The van der Waals surface area contributed by atoms with Gasteiger partial charge >= 0.3 is 0 Å². The molecular formula is C26H24N4O4S. The molecule has 0 aliphatic carbocycles. The van der Waals surface area contributed by atoms with Crippen LogP contribution >= 0.6 is 0 Å². The van der Waals surface area contributed by atoms with Gasteiger partial charge in [-0.15, -0.1) is 0 Å². The second kappa shape index (κ2) is 10.0. The number of nitrogens with two attached hydrogens (primary N) is 1. The quantitative estimate of drug-likeness (QED) is 0.363. The summed E-state index contributed by atoms with van der Waals surface area (Å²) in [5.41, 5.74) is 11.2. The highest BCUT2D eigenvalue weighted by atomic mass is 32.2. The van der Waals surface area contributed by atoms with Crippen molar-refractivity contribution in [3.63, 3.8) is 0 Å². The molecule has 0 bridgehead atoms. The van der Waals surface area contributed by atoms with Gasteiger partial charge in [0.25, 0.3) is 5.91 Å². The molecule has 2 heterocycles. The van der Waals surface area contributed by atoms with E-state index in [0.29, 0.717) is 22.6 Å². The zero-order valence-electron chi connectivity index (χ0n) is 19.0. The number of aromatic nitrogens is 2. The molecule has 2 aromatic carbocycles.